The molecule has 0 aliphatic carbocycles. The van der Waals surface area contributed by atoms with Gasteiger partial charge in [-0.3, -0.25) is 9.78 Å². The lowest BCUT2D eigenvalue weighted by molar-refractivity contribution is 0.950. The molecule has 2 aromatic rings. The van der Waals surface area contributed by atoms with Crippen molar-refractivity contribution >= 4 is 23.4 Å². The summed E-state index contributed by atoms with van der Waals surface area (Å²) < 4.78 is 0. The minimum absolute atomic E-state index is 0.416. The fourth-order valence-corrected chi connectivity index (χ4v) is 2.09. The molecule has 0 atom stereocenters. The van der Waals surface area contributed by atoms with Gasteiger partial charge in [0.1, 0.15) is 0 Å². The molecular formula is C10H7ClN2O2S. The van der Waals surface area contributed by atoms with Crippen molar-refractivity contribution in [1.82, 2.24) is 9.97 Å². The molecule has 0 amide bonds. The topological polar surface area (TPSA) is 65.7 Å². The Kier molecular flexibility index (Phi) is 3.17. The van der Waals surface area contributed by atoms with E-state index < -0.39 is 11.2 Å². The van der Waals surface area contributed by atoms with Crippen LogP contribution in [-0.2, 0) is 0 Å². The normalized spacial score (nSPS) is 10.3. The quantitative estimate of drug-likeness (QED) is 0.804. The number of hydrogen-bond donors (Lipinski definition) is 2. The van der Waals surface area contributed by atoms with Gasteiger partial charge >= 0.3 is 5.69 Å². The number of hydrogen-bond acceptors (Lipinski definition) is 3. The molecule has 0 bridgehead atoms. The smallest absolute Gasteiger partial charge is 0.302 e. The molecular weight excluding hydrogens is 248 g/mol. The van der Waals surface area contributed by atoms with Crippen LogP contribution in [0.2, 0.25) is 5.02 Å². The number of rotatable bonds is 2. The Labute approximate surface area is 99.7 Å². The maximum atomic E-state index is 11.0. The average Bonchev–Trinajstić information content (AvgIpc) is 2.20. The average molecular weight is 255 g/mol. The fraction of sp³-hybridized carbons (Fsp3) is 0. The lowest BCUT2D eigenvalue weighted by atomic mass is 10.4. The Bertz CT molecular complexity index is 575. The first-order valence-electron chi connectivity index (χ1n) is 4.40. The largest absolute Gasteiger partial charge is 0.326 e. The molecule has 1 aromatic heterocycles. The van der Waals surface area contributed by atoms with E-state index in [2.05, 4.69) is 9.97 Å². The number of halogens is 1. The molecule has 0 aliphatic heterocycles. The van der Waals surface area contributed by atoms with Crippen LogP contribution in [0.3, 0.4) is 0 Å². The zero-order valence-electron chi connectivity index (χ0n) is 7.99. The van der Waals surface area contributed by atoms with Crippen molar-refractivity contribution in [2.24, 2.45) is 0 Å². The fourth-order valence-electron chi connectivity index (χ4n) is 1.13. The molecule has 16 heavy (non-hydrogen) atoms. The van der Waals surface area contributed by atoms with Crippen LogP contribution >= 0.6 is 23.4 Å². The maximum absolute atomic E-state index is 11.0. The van der Waals surface area contributed by atoms with Gasteiger partial charge in [-0.2, -0.15) is 0 Å². The second kappa shape index (κ2) is 4.59. The van der Waals surface area contributed by atoms with Crippen molar-refractivity contribution in [3.63, 3.8) is 0 Å². The van der Waals surface area contributed by atoms with E-state index >= 15 is 0 Å². The third kappa shape index (κ3) is 2.77. The summed E-state index contributed by atoms with van der Waals surface area (Å²) in [5, 5.41) is 1.14. The van der Waals surface area contributed by atoms with Crippen molar-refractivity contribution in [1.29, 1.82) is 0 Å². The standard InChI is InChI=1S/C10H7ClN2O2S/c11-6-1-3-7(4-2-6)16-9-5-8(14)12-10(15)13-9/h1-5H,(H2,12,13,14,15). The van der Waals surface area contributed by atoms with Gasteiger partial charge in [-0.25, -0.2) is 4.79 Å². The highest BCUT2D eigenvalue weighted by molar-refractivity contribution is 7.99. The molecule has 1 heterocycles. The van der Waals surface area contributed by atoms with Gasteiger partial charge < -0.3 is 4.98 Å². The van der Waals surface area contributed by atoms with E-state index in [0.717, 1.165) is 4.90 Å². The lowest BCUT2D eigenvalue weighted by Gasteiger charge is -2.00. The van der Waals surface area contributed by atoms with Crippen molar-refractivity contribution in [3.8, 4) is 0 Å². The van der Waals surface area contributed by atoms with E-state index in [9.17, 15) is 9.59 Å². The Morgan fingerprint density at radius 3 is 2.38 bits per heavy atom. The summed E-state index contributed by atoms with van der Waals surface area (Å²) in [6.45, 7) is 0. The zero-order valence-corrected chi connectivity index (χ0v) is 9.56. The first-order valence-corrected chi connectivity index (χ1v) is 5.60. The summed E-state index contributed by atoms with van der Waals surface area (Å²) in [5.41, 5.74) is -0.927. The second-order valence-electron chi connectivity index (χ2n) is 3.01. The van der Waals surface area contributed by atoms with Crippen molar-refractivity contribution in [2.75, 3.05) is 0 Å². The van der Waals surface area contributed by atoms with E-state index in [-0.39, 0.29) is 0 Å². The SMILES string of the molecule is O=c1cc(Sc2ccc(Cl)cc2)[nH]c(=O)[nH]1. The van der Waals surface area contributed by atoms with Gasteiger partial charge in [0.2, 0.25) is 0 Å². The summed E-state index contributed by atoms with van der Waals surface area (Å²) in [6.07, 6.45) is 0. The molecule has 0 aliphatic rings. The zero-order chi connectivity index (χ0) is 11.5. The highest BCUT2D eigenvalue weighted by Crippen LogP contribution is 2.25. The molecule has 2 N–H and O–H groups in total. The monoisotopic (exact) mass is 254 g/mol. The predicted molar refractivity (Wildman–Crippen MR) is 63.3 cm³/mol. The first kappa shape index (κ1) is 11.0. The first-order chi connectivity index (χ1) is 7.63. The molecule has 82 valence electrons. The highest BCUT2D eigenvalue weighted by Gasteiger charge is 2.00. The van der Waals surface area contributed by atoms with E-state index in [4.69, 9.17) is 11.6 Å². The van der Waals surface area contributed by atoms with Gasteiger partial charge in [0.05, 0.1) is 5.03 Å². The molecule has 0 fully saturated rings. The van der Waals surface area contributed by atoms with Crippen LogP contribution in [0.5, 0.6) is 0 Å². The number of H-pyrrole nitrogens is 2. The van der Waals surface area contributed by atoms with Crippen LogP contribution in [0.25, 0.3) is 0 Å². The Morgan fingerprint density at radius 2 is 1.75 bits per heavy atom. The number of benzene rings is 1. The molecule has 0 saturated heterocycles. The van der Waals surface area contributed by atoms with E-state index in [0.29, 0.717) is 10.0 Å². The van der Waals surface area contributed by atoms with Crippen LogP contribution < -0.4 is 11.2 Å². The molecule has 1 aromatic carbocycles. The Hall–Kier alpha value is -1.46. The van der Waals surface area contributed by atoms with Crippen molar-refractivity contribution < 1.29 is 0 Å². The number of aromatic nitrogens is 2. The van der Waals surface area contributed by atoms with Gasteiger partial charge in [0.15, 0.2) is 0 Å². The predicted octanol–water partition coefficient (Wildman–Crippen LogP) is 1.87. The van der Waals surface area contributed by atoms with Gasteiger partial charge in [0.25, 0.3) is 5.56 Å². The van der Waals surface area contributed by atoms with E-state index in [1.165, 1.54) is 17.8 Å². The summed E-state index contributed by atoms with van der Waals surface area (Å²) in [7, 11) is 0. The third-order valence-electron chi connectivity index (χ3n) is 1.78. The Balaban J connectivity index is 2.30. The number of aromatic amines is 2. The molecule has 0 unspecified atom stereocenters. The van der Waals surface area contributed by atoms with Gasteiger partial charge in [0, 0.05) is 16.0 Å². The van der Waals surface area contributed by atoms with Crippen LogP contribution in [0, 0.1) is 0 Å². The summed E-state index contributed by atoms with van der Waals surface area (Å²) in [6, 6.07) is 8.45. The summed E-state index contributed by atoms with van der Waals surface area (Å²) >= 11 is 7.03. The van der Waals surface area contributed by atoms with Gasteiger partial charge in [-0.15, -0.1) is 0 Å². The Morgan fingerprint density at radius 1 is 1.06 bits per heavy atom. The molecule has 4 nitrogen and oxygen atoms in total. The molecule has 2 rings (SSSR count). The lowest BCUT2D eigenvalue weighted by Crippen LogP contribution is -2.21. The molecule has 0 radical (unpaired) electrons. The van der Waals surface area contributed by atoms with E-state index in [1.807, 2.05) is 12.1 Å². The maximum Gasteiger partial charge on any atom is 0.326 e. The van der Waals surface area contributed by atoms with Crippen molar-refractivity contribution in [3.05, 3.63) is 56.2 Å². The second-order valence-corrected chi connectivity index (χ2v) is 4.56. The van der Waals surface area contributed by atoms with Crippen LogP contribution in [0.1, 0.15) is 0 Å². The summed E-state index contributed by atoms with van der Waals surface area (Å²) in [4.78, 5) is 27.6. The van der Waals surface area contributed by atoms with Crippen LogP contribution in [0.4, 0.5) is 0 Å². The van der Waals surface area contributed by atoms with Gasteiger partial charge in [-0.05, 0) is 24.3 Å². The van der Waals surface area contributed by atoms with Crippen molar-refractivity contribution in [2.45, 2.75) is 9.92 Å². The molecule has 6 heteroatoms. The number of nitrogens with one attached hydrogen (secondary N) is 2. The molecule has 0 saturated carbocycles. The van der Waals surface area contributed by atoms with Crippen LogP contribution in [-0.4, -0.2) is 9.97 Å². The van der Waals surface area contributed by atoms with Gasteiger partial charge in [-0.1, -0.05) is 23.4 Å². The minimum atomic E-state index is -0.510. The molecule has 0 spiro atoms. The summed E-state index contributed by atoms with van der Waals surface area (Å²) in [5.74, 6) is 0. The minimum Gasteiger partial charge on any atom is -0.302 e. The van der Waals surface area contributed by atoms with Crippen LogP contribution in [0.15, 0.2) is 49.8 Å². The van der Waals surface area contributed by atoms with E-state index in [1.54, 1.807) is 12.1 Å². The highest BCUT2D eigenvalue weighted by atomic mass is 35.5. The third-order valence-corrected chi connectivity index (χ3v) is 2.98.